The number of benzene rings is 2. The number of amides is 1. The predicted molar refractivity (Wildman–Crippen MR) is 85.7 cm³/mol. The number of nitrogens with one attached hydrogen (secondary N) is 1. The lowest BCUT2D eigenvalue weighted by molar-refractivity contribution is -0.115. The molecule has 2 aromatic rings. The fourth-order valence-corrected chi connectivity index (χ4v) is 2.17. The zero-order valence-corrected chi connectivity index (χ0v) is 12.6. The molecule has 0 saturated heterocycles. The monoisotopic (exact) mass is 284 g/mol. The van der Waals surface area contributed by atoms with Crippen LogP contribution in [0.1, 0.15) is 16.7 Å². The Morgan fingerprint density at radius 3 is 2.67 bits per heavy atom. The first-order valence-corrected chi connectivity index (χ1v) is 6.79. The van der Waals surface area contributed by atoms with Crippen molar-refractivity contribution in [1.29, 1.82) is 0 Å². The van der Waals surface area contributed by atoms with Crippen molar-refractivity contribution in [3.63, 3.8) is 0 Å². The molecule has 0 aliphatic heterocycles. The predicted octanol–water partition coefficient (Wildman–Crippen LogP) is 3.08. The van der Waals surface area contributed by atoms with E-state index < -0.39 is 0 Å². The molecule has 0 aliphatic rings. The van der Waals surface area contributed by atoms with Crippen molar-refractivity contribution in [2.24, 2.45) is 0 Å². The maximum atomic E-state index is 12.2. The minimum absolute atomic E-state index is 0.0771. The smallest absolute Gasteiger partial charge is 0.228 e. The second kappa shape index (κ2) is 6.31. The number of methoxy groups -OCH3 is 1. The molecule has 0 fully saturated rings. The van der Waals surface area contributed by atoms with Crippen molar-refractivity contribution < 1.29 is 9.53 Å². The van der Waals surface area contributed by atoms with Crippen LogP contribution < -0.4 is 15.8 Å². The van der Waals surface area contributed by atoms with Crippen LogP contribution in [0.3, 0.4) is 0 Å². The molecule has 0 radical (unpaired) electrons. The van der Waals surface area contributed by atoms with Crippen molar-refractivity contribution in [3.8, 4) is 5.75 Å². The number of nitrogens with two attached hydrogens (primary N) is 1. The fourth-order valence-electron chi connectivity index (χ4n) is 2.17. The fraction of sp³-hybridized carbons (Fsp3) is 0.235. The molecule has 4 nitrogen and oxygen atoms in total. The van der Waals surface area contributed by atoms with Gasteiger partial charge in [0.1, 0.15) is 5.75 Å². The highest BCUT2D eigenvalue weighted by molar-refractivity contribution is 5.94. The van der Waals surface area contributed by atoms with Crippen LogP contribution in [0.15, 0.2) is 36.4 Å². The van der Waals surface area contributed by atoms with Gasteiger partial charge in [0.2, 0.25) is 5.91 Å². The van der Waals surface area contributed by atoms with E-state index in [-0.39, 0.29) is 5.91 Å². The summed E-state index contributed by atoms with van der Waals surface area (Å²) >= 11 is 0. The van der Waals surface area contributed by atoms with Gasteiger partial charge in [0.05, 0.1) is 19.2 Å². The van der Waals surface area contributed by atoms with Crippen LogP contribution in [0.25, 0.3) is 0 Å². The molecule has 0 aliphatic carbocycles. The lowest BCUT2D eigenvalue weighted by atomic mass is 10.0. The van der Waals surface area contributed by atoms with Crippen molar-refractivity contribution in [2.45, 2.75) is 20.3 Å². The van der Waals surface area contributed by atoms with Crippen LogP contribution in [0, 0.1) is 13.8 Å². The van der Waals surface area contributed by atoms with E-state index in [4.69, 9.17) is 10.5 Å². The zero-order chi connectivity index (χ0) is 15.4. The van der Waals surface area contributed by atoms with E-state index in [1.165, 1.54) is 0 Å². The number of carbonyl (C=O) groups excluding carboxylic acids is 1. The molecule has 2 aromatic carbocycles. The Morgan fingerprint density at radius 1 is 1.19 bits per heavy atom. The van der Waals surface area contributed by atoms with Gasteiger partial charge in [0.25, 0.3) is 0 Å². The maximum Gasteiger partial charge on any atom is 0.228 e. The van der Waals surface area contributed by atoms with E-state index in [2.05, 4.69) is 5.32 Å². The maximum absolute atomic E-state index is 12.2. The summed E-state index contributed by atoms with van der Waals surface area (Å²) in [6.07, 6.45) is 0.334. The zero-order valence-electron chi connectivity index (χ0n) is 12.6. The minimum Gasteiger partial charge on any atom is -0.494 e. The molecular weight excluding hydrogens is 264 g/mol. The standard InChI is InChI=1S/C17H20N2O2/c1-11-4-5-12(2)13(8-11)9-17(20)19-15-7-6-14(18)10-16(15)21-3/h4-8,10H,9,18H2,1-3H3,(H,19,20). The highest BCUT2D eigenvalue weighted by Crippen LogP contribution is 2.26. The Kier molecular flexibility index (Phi) is 4.48. The molecule has 21 heavy (non-hydrogen) atoms. The Hall–Kier alpha value is -2.49. The van der Waals surface area contributed by atoms with E-state index >= 15 is 0 Å². The SMILES string of the molecule is COc1cc(N)ccc1NC(=O)Cc1cc(C)ccc1C. The van der Waals surface area contributed by atoms with Crippen LogP contribution in [0.4, 0.5) is 11.4 Å². The number of hydrogen-bond acceptors (Lipinski definition) is 3. The third-order valence-electron chi connectivity index (χ3n) is 3.36. The van der Waals surface area contributed by atoms with E-state index in [0.717, 1.165) is 16.7 Å². The lowest BCUT2D eigenvalue weighted by Gasteiger charge is -2.12. The summed E-state index contributed by atoms with van der Waals surface area (Å²) in [7, 11) is 1.55. The normalized spacial score (nSPS) is 10.2. The van der Waals surface area contributed by atoms with Gasteiger partial charge >= 0.3 is 0 Å². The second-order valence-corrected chi connectivity index (χ2v) is 5.11. The molecule has 110 valence electrons. The average Bonchev–Trinajstić information content (AvgIpc) is 2.44. The van der Waals surface area contributed by atoms with Gasteiger partial charge < -0.3 is 15.8 Å². The quantitative estimate of drug-likeness (QED) is 0.848. The van der Waals surface area contributed by atoms with Gasteiger partial charge in [0.15, 0.2) is 0 Å². The highest BCUT2D eigenvalue weighted by atomic mass is 16.5. The van der Waals surface area contributed by atoms with Crippen molar-refractivity contribution >= 4 is 17.3 Å². The summed E-state index contributed by atoms with van der Waals surface area (Å²) in [6.45, 7) is 4.02. The first-order chi connectivity index (χ1) is 9.99. The largest absolute Gasteiger partial charge is 0.494 e. The van der Waals surface area contributed by atoms with Crippen LogP contribution in [0.2, 0.25) is 0 Å². The molecule has 1 amide bonds. The topological polar surface area (TPSA) is 64.3 Å². The summed E-state index contributed by atoms with van der Waals surface area (Å²) in [5.74, 6) is 0.482. The Balaban J connectivity index is 2.13. The summed E-state index contributed by atoms with van der Waals surface area (Å²) in [5, 5.41) is 2.86. The Bertz CT molecular complexity index is 666. The minimum atomic E-state index is -0.0771. The van der Waals surface area contributed by atoms with Crippen LogP contribution >= 0.6 is 0 Å². The van der Waals surface area contributed by atoms with E-state index in [1.54, 1.807) is 25.3 Å². The molecule has 0 spiro atoms. The van der Waals surface area contributed by atoms with Gasteiger partial charge in [-0.05, 0) is 37.1 Å². The van der Waals surface area contributed by atoms with Gasteiger partial charge in [-0.25, -0.2) is 0 Å². The number of rotatable bonds is 4. The van der Waals surface area contributed by atoms with Gasteiger partial charge in [-0.15, -0.1) is 0 Å². The van der Waals surface area contributed by atoms with E-state index in [1.807, 2.05) is 32.0 Å². The van der Waals surface area contributed by atoms with Crippen molar-refractivity contribution in [3.05, 3.63) is 53.1 Å². The number of carbonyl (C=O) groups is 1. The molecule has 0 unspecified atom stereocenters. The number of nitrogen functional groups attached to an aromatic ring is 1. The molecule has 0 bridgehead atoms. The van der Waals surface area contributed by atoms with Crippen molar-refractivity contribution in [2.75, 3.05) is 18.2 Å². The summed E-state index contributed by atoms with van der Waals surface area (Å²) in [6, 6.07) is 11.3. The van der Waals surface area contributed by atoms with Gasteiger partial charge in [-0.3, -0.25) is 4.79 Å². The lowest BCUT2D eigenvalue weighted by Crippen LogP contribution is -2.15. The Labute approximate surface area is 124 Å². The third-order valence-corrected chi connectivity index (χ3v) is 3.36. The average molecular weight is 284 g/mol. The Morgan fingerprint density at radius 2 is 1.95 bits per heavy atom. The first kappa shape index (κ1) is 14.9. The van der Waals surface area contributed by atoms with Crippen LogP contribution in [-0.2, 0) is 11.2 Å². The summed E-state index contributed by atoms with van der Waals surface area (Å²) in [4.78, 5) is 12.2. The van der Waals surface area contributed by atoms with E-state index in [9.17, 15) is 4.79 Å². The number of hydrogen-bond donors (Lipinski definition) is 2. The van der Waals surface area contributed by atoms with Crippen molar-refractivity contribution in [1.82, 2.24) is 0 Å². The van der Waals surface area contributed by atoms with Gasteiger partial charge in [0, 0.05) is 11.8 Å². The molecular formula is C17H20N2O2. The van der Waals surface area contributed by atoms with E-state index in [0.29, 0.717) is 23.5 Å². The molecule has 0 heterocycles. The molecule has 0 saturated carbocycles. The molecule has 3 N–H and O–H groups in total. The van der Waals surface area contributed by atoms with Crippen LogP contribution in [0.5, 0.6) is 5.75 Å². The number of aryl methyl sites for hydroxylation is 2. The summed E-state index contributed by atoms with van der Waals surface area (Å²) < 4.78 is 5.23. The van der Waals surface area contributed by atoms with Gasteiger partial charge in [-0.1, -0.05) is 23.8 Å². The number of anilines is 2. The second-order valence-electron chi connectivity index (χ2n) is 5.11. The third kappa shape index (κ3) is 3.75. The molecule has 4 heteroatoms. The molecule has 2 rings (SSSR count). The summed E-state index contributed by atoms with van der Waals surface area (Å²) in [5.41, 5.74) is 10.2. The molecule has 0 aromatic heterocycles. The first-order valence-electron chi connectivity index (χ1n) is 6.79. The highest BCUT2D eigenvalue weighted by Gasteiger charge is 2.10. The van der Waals surface area contributed by atoms with Gasteiger partial charge in [-0.2, -0.15) is 0 Å². The van der Waals surface area contributed by atoms with Crippen LogP contribution in [-0.4, -0.2) is 13.0 Å². The number of ether oxygens (including phenoxy) is 1. The molecule has 0 atom stereocenters.